The Bertz CT molecular complexity index is 700. The average Bonchev–Trinajstić information content (AvgIpc) is 3.07. The molecule has 7 heteroatoms. The predicted molar refractivity (Wildman–Crippen MR) is 199 cm³/mol. The van der Waals surface area contributed by atoms with Crippen LogP contribution < -0.4 is 5.73 Å². The van der Waals surface area contributed by atoms with Gasteiger partial charge in [0.15, 0.2) is 0 Å². The zero-order chi connectivity index (χ0) is 34.2. The van der Waals surface area contributed by atoms with Crippen LogP contribution in [0, 0.1) is 5.92 Å². The van der Waals surface area contributed by atoms with Crippen LogP contribution in [0.15, 0.2) is 0 Å². The first-order valence-corrected chi connectivity index (χ1v) is 20.5. The van der Waals surface area contributed by atoms with Gasteiger partial charge >= 0.3 is 5.97 Å². The minimum absolute atomic E-state index is 0.000465. The molecule has 278 valence electrons. The Labute approximate surface area is 291 Å². The number of nitrogens with zero attached hydrogens (tertiary/aromatic N) is 2. The van der Waals surface area contributed by atoms with Gasteiger partial charge in [0.2, 0.25) is 5.91 Å². The Hall–Kier alpha value is -1.18. The highest BCUT2D eigenvalue weighted by atomic mass is 16.5. The Morgan fingerprint density at radius 3 is 1.81 bits per heavy atom. The van der Waals surface area contributed by atoms with Gasteiger partial charge in [-0.2, -0.15) is 0 Å². The number of hydrogen-bond acceptors (Lipinski definition) is 6. The highest BCUT2D eigenvalue weighted by Gasteiger charge is 2.21. The number of aliphatic hydroxyl groups is 1. The van der Waals surface area contributed by atoms with E-state index in [9.17, 15) is 14.7 Å². The van der Waals surface area contributed by atoms with Crippen LogP contribution in [-0.4, -0.2) is 78.8 Å². The quantitative estimate of drug-likeness (QED) is 0.0526. The molecule has 3 N–H and O–H groups in total. The third-order valence-electron chi connectivity index (χ3n) is 10.3. The van der Waals surface area contributed by atoms with Crippen LogP contribution >= 0.6 is 0 Å². The van der Waals surface area contributed by atoms with Gasteiger partial charge in [0.1, 0.15) is 0 Å². The van der Waals surface area contributed by atoms with Gasteiger partial charge in [-0.3, -0.25) is 19.4 Å². The molecule has 1 amide bonds. The van der Waals surface area contributed by atoms with Gasteiger partial charge in [-0.25, -0.2) is 0 Å². The molecular formula is C40H79N3O4. The highest BCUT2D eigenvalue weighted by molar-refractivity contribution is 5.73. The van der Waals surface area contributed by atoms with E-state index in [4.69, 9.17) is 10.5 Å². The van der Waals surface area contributed by atoms with E-state index in [-0.39, 0.29) is 18.5 Å². The summed E-state index contributed by atoms with van der Waals surface area (Å²) in [4.78, 5) is 28.8. The Balaban J connectivity index is 2.41. The molecule has 0 aromatic rings. The van der Waals surface area contributed by atoms with Crippen molar-refractivity contribution in [3.63, 3.8) is 0 Å². The van der Waals surface area contributed by atoms with E-state index in [1.807, 2.05) is 0 Å². The van der Waals surface area contributed by atoms with Crippen LogP contribution in [0.3, 0.4) is 0 Å². The summed E-state index contributed by atoms with van der Waals surface area (Å²) in [6.07, 6.45) is 31.9. The van der Waals surface area contributed by atoms with E-state index >= 15 is 0 Å². The molecule has 1 saturated carbocycles. The van der Waals surface area contributed by atoms with Gasteiger partial charge < -0.3 is 15.6 Å². The third-order valence-corrected chi connectivity index (χ3v) is 10.3. The van der Waals surface area contributed by atoms with Crippen molar-refractivity contribution in [2.45, 2.75) is 193 Å². The molecule has 1 fully saturated rings. The molecular weight excluding hydrogens is 586 g/mol. The van der Waals surface area contributed by atoms with Gasteiger partial charge in [0, 0.05) is 38.5 Å². The first-order chi connectivity index (χ1) is 23.0. The number of nitrogens with two attached hydrogens (primary N) is 1. The summed E-state index contributed by atoms with van der Waals surface area (Å²) in [5.41, 5.74) is 5.28. The first kappa shape index (κ1) is 43.8. The minimum atomic E-state index is -0.219. The second kappa shape index (κ2) is 32.0. The molecule has 47 heavy (non-hydrogen) atoms. The summed E-state index contributed by atoms with van der Waals surface area (Å²) in [5.74, 6) is 0.310. The molecule has 0 radical (unpaired) electrons. The summed E-state index contributed by atoms with van der Waals surface area (Å²) in [6, 6.07) is 0.662. The van der Waals surface area contributed by atoms with Crippen molar-refractivity contribution in [3.8, 4) is 0 Å². The molecule has 1 aliphatic rings. The average molecular weight is 666 g/mol. The molecule has 1 rings (SSSR count). The summed E-state index contributed by atoms with van der Waals surface area (Å²) in [6.45, 7) is 10.1. The number of amides is 1. The maximum absolute atomic E-state index is 12.7. The SMILES string of the molecule is CCCCCCCCC(CCCCCCCC)COC(=O)CCCCCN(CCN(CCO)CCCCCC(N)=O)C1CCCCC1. The lowest BCUT2D eigenvalue weighted by molar-refractivity contribution is -0.145. The minimum Gasteiger partial charge on any atom is -0.465 e. The molecule has 0 spiro atoms. The van der Waals surface area contributed by atoms with E-state index in [2.05, 4.69) is 23.6 Å². The molecule has 1 aliphatic carbocycles. The van der Waals surface area contributed by atoms with E-state index in [1.54, 1.807) is 0 Å². The fraction of sp³-hybridized carbons (Fsp3) is 0.950. The van der Waals surface area contributed by atoms with Crippen LogP contribution in [0.25, 0.3) is 0 Å². The molecule has 0 aromatic carbocycles. The topological polar surface area (TPSA) is 96.1 Å². The van der Waals surface area contributed by atoms with Gasteiger partial charge in [0.05, 0.1) is 13.2 Å². The van der Waals surface area contributed by atoms with Crippen molar-refractivity contribution >= 4 is 11.9 Å². The number of carbonyl (C=O) groups is 2. The van der Waals surface area contributed by atoms with Gasteiger partial charge in [-0.05, 0) is 70.4 Å². The largest absolute Gasteiger partial charge is 0.465 e. The number of rotatable bonds is 34. The summed E-state index contributed by atoms with van der Waals surface area (Å²) >= 11 is 0. The predicted octanol–water partition coefficient (Wildman–Crippen LogP) is 9.18. The van der Waals surface area contributed by atoms with Crippen molar-refractivity contribution in [2.24, 2.45) is 11.7 Å². The molecule has 0 bridgehead atoms. The molecule has 0 aliphatic heterocycles. The zero-order valence-corrected chi connectivity index (χ0v) is 31.3. The van der Waals surface area contributed by atoms with Crippen LogP contribution in [0.4, 0.5) is 0 Å². The Morgan fingerprint density at radius 1 is 0.660 bits per heavy atom. The second-order valence-electron chi connectivity index (χ2n) is 14.6. The second-order valence-corrected chi connectivity index (χ2v) is 14.6. The van der Waals surface area contributed by atoms with E-state index in [0.29, 0.717) is 38.0 Å². The van der Waals surface area contributed by atoms with Crippen molar-refractivity contribution in [1.29, 1.82) is 0 Å². The van der Waals surface area contributed by atoms with E-state index in [1.165, 1.54) is 122 Å². The van der Waals surface area contributed by atoms with Crippen LogP contribution in [0.2, 0.25) is 0 Å². The van der Waals surface area contributed by atoms with Gasteiger partial charge in [0.25, 0.3) is 0 Å². The van der Waals surface area contributed by atoms with Crippen molar-refractivity contribution in [3.05, 3.63) is 0 Å². The van der Waals surface area contributed by atoms with Gasteiger partial charge in [-0.1, -0.05) is 123 Å². The molecule has 7 nitrogen and oxygen atoms in total. The summed E-state index contributed by atoms with van der Waals surface area (Å²) in [7, 11) is 0. The number of esters is 1. The number of carbonyl (C=O) groups excluding carboxylic acids is 2. The van der Waals surface area contributed by atoms with Crippen molar-refractivity contribution < 1.29 is 19.4 Å². The maximum atomic E-state index is 12.7. The van der Waals surface area contributed by atoms with E-state index in [0.717, 1.165) is 64.7 Å². The number of ether oxygens (including phenoxy) is 1. The number of aliphatic hydroxyl groups excluding tert-OH is 1. The van der Waals surface area contributed by atoms with E-state index < -0.39 is 0 Å². The lowest BCUT2D eigenvalue weighted by Crippen LogP contribution is -2.43. The number of hydrogen-bond donors (Lipinski definition) is 2. The molecule has 0 heterocycles. The Kier molecular flexibility index (Phi) is 29.9. The van der Waals surface area contributed by atoms with Crippen LogP contribution in [0.5, 0.6) is 0 Å². The molecule has 0 unspecified atom stereocenters. The fourth-order valence-electron chi connectivity index (χ4n) is 7.26. The smallest absolute Gasteiger partial charge is 0.305 e. The normalized spacial score (nSPS) is 14.1. The van der Waals surface area contributed by atoms with Crippen molar-refractivity contribution in [2.75, 3.05) is 45.9 Å². The molecule has 0 aromatic heterocycles. The third kappa shape index (κ3) is 26.4. The monoisotopic (exact) mass is 666 g/mol. The lowest BCUT2D eigenvalue weighted by atomic mass is 9.94. The number of primary amides is 1. The lowest BCUT2D eigenvalue weighted by Gasteiger charge is -2.36. The first-order valence-electron chi connectivity index (χ1n) is 20.5. The number of unbranched alkanes of at least 4 members (excludes halogenated alkanes) is 14. The molecule has 0 saturated heterocycles. The molecule has 0 atom stereocenters. The van der Waals surface area contributed by atoms with Gasteiger partial charge in [-0.15, -0.1) is 0 Å². The maximum Gasteiger partial charge on any atom is 0.305 e. The van der Waals surface area contributed by atoms with Crippen molar-refractivity contribution in [1.82, 2.24) is 9.80 Å². The summed E-state index contributed by atoms with van der Waals surface area (Å²) in [5, 5.41) is 9.63. The fourth-order valence-corrected chi connectivity index (χ4v) is 7.26. The van der Waals surface area contributed by atoms with Crippen LogP contribution in [-0.2, 0) is 14.3 Å². The standard InChI is InChI=1S/C40H79N3O4/c1-3-5-7-9-11-16-24-37(25-17-12-10-8-6-4-2)36-47-40(46)29-21-15-23-31-43(38-26-18-13-19-27-38)33-32-42(34-35-44)30-22-14-20-28-39(41)45/h37-38,44H,3-36H2,1-2H3,(H2,41,45). The van der Waals surface area contributed by atoms with Crippen LogP contribution in [0.1, 0.15) is 187 Å². The highest BCUT2D eigenvalue weighted by Crippen LogP contribution is 2.24. The zero-order valence-electron chi connectivity index (χ0n) is 31.3. The Morgan fingerprint density at radius 2 is 1.21 bits per heavy atom. The summed E-state index contributed by atoms with van der Waals surface area (Å²) < 4.78 is 5.87.